The maximum absolute atomic E-state index is 12.2. The van der Waals surface area contributed by atoms with Crippen LogP contribution < -0.4 is 14.8 Å². The van der Waals surface area contributed by atoms with Crippen LogP contribution in [0.4, 0.5) is 13.2 Å². The van der Waals surface area contributed by atoms with Crippen molar-refractivity contribution in [2.24, 2.45) is 0 Å². The van der Waals surface area contributed by atoms with Crippen molar-refractivity contribution < 1.29 is 41.8 Å². The number of fused-ring (bicyclic) bond motifs is 1. The molecule has 2 rings (SSSR count). The van der Waals surface area contributed by atoms with Crippen LogP contribution in [0, 0.1) is 0 Å². The van der Waals surface area contributed by atoms with Gasteiger partial charge in [-0.2, -0.15) is 13.2 Å². The molecule has 1 aliphatic rings. The van der Waals surface area contributed by atoms with E-state index in [9.17, 15) is 27.6 Å². The average Bonchev–Trinajstić information content (AvgIpc) is 2.86. The third kappa shape index (κ3) is 7.16. The number of hydrogen-bond acceptors (Lipinski definition) is 6. The fourth-order valence-electron chi connectivity index (χ4n) is 2.16. The van der Waals surface area contributed by atoms with Gasteiger partial charge in [-0.15, -0.1) is 0 Å². The predicted molar refractivity (Wildman–Crippen MR) is 85.6 cm³/mol. The Labute approximate surface area is 152 Å². The summed E-state index contributed by atoms with van der Waals surface area (Å²) in [5, 5.41) is 1.57. The summed E-state index contributed by atoms with van der Waals surface area (Å²) in [7, 11) is 0. The van der Waals surface area contributed by atoms with Crippen molar-refractivity contribution >= 4 is 17.7 Å². The molecule has 7 nitrogen and oxygen atoms in total. The van der Waals surface area contributed by atoms with Crippen molar-refractivity contribution in [2.45, 2.75) is 25.4 Å². The maximum Gasteiger partial charge on any atom is 0.405 e. The van der Waals surface area contributed by atoms with Gasteiger partial charge in [0.15, 0.2) is 23.9 Å². The number of Topliss-reactive ketones (excluding diaryl/α,β-unsaturated/α-hetero) is 1. The van der Waals surface area contributed by atoms with Crippen LogP contribution in [0.15, 0.2) is 18.2 Å². The summed E-state index contributed by atoms with van der Waals surface area (Å²) in [6.07, 6.45) is -4.31. The third-order valence-electron chi connectivity index (χ3n) is 3.48. The molecule has 148 valence electrons. The first kappa shape index (κ1) is 20.5. The highest BCUT2D eigenvalue weighted by atomic mass is 19.4. The predicted octanol–water partition coefficient (Wildman–Crippen LogP) is 2.03. The number of nitrogens with one attached hydrogen (secondary N) is 1. The van der Waals surface area contributed by atoms with E-state index in [1.807, 2.05) is 0 Å². The van der Waals surface area contributed by atoms with E-state index in [0.717, 1.165) is 6.42 Å². The number of alkyl halides is 3. The highest BCUT2D eigenvalue weighted by Gasteiger charge is 2.27. The van der Waals surface area contributed by atoms with Gasteiger partial charge in [0.05, 0.1) is 19.6 Å². The van der Waals surface area contributed by atoms with Gasteiger partial charge in [0, 0.05) is 18.4 Å². The molecule has 10 heteroatoms. The second-order valence-corrected chi connectivity index (χ2v) is 5.69. The second kappa shape index (κ2) is 9.24. The molecule has 0 fully saturated rings. The smallest absolute Gasteiger partial charge is 0.405 e. The molecule has 1 aliphatic heterocycles. The Bertz CT molecular complexity index is 704. The molecule has 27 heavy (non-hydrogen) atoms. The molecule has 1 heterocycles. The Hall–Kier alpha value is -2.78. The van der Waals surface area contributed by atoms with Crippen molar-refractivity contribution in [3.8, 4) is 11.5 Å². The van der Waals surface area contributed by atoms with Gasteiger partial charge >= 0.3 is 12.1 Å². The standard InChI is InChI=1S/C17H18F3NO6/c18-17(19,20)10-21-15(23)9-27-16(24)5-3-12(22)11-2-4-13-14(8-11)26-7-1-6-25-13/h2,4,8H,1,3,5-7,9-10H2,(H,21,23). The van der Waals surface area contributed by atoms with Gasteiger partial charge in [0.25, 0.3) is 5.91 Å². The van der Waals surface area contributed by atoms with Crippen LogP contribution in [0.5, 0.6) is 11.5 Å². The second-order valence-electron chi connectivity index (χ2n) is 5.69. The van der Waals surface area contributed by atoms with Gasteiger partial charge in [-0.3, -0.25) is 14.4 Å². The Balaban J connectivity index is 1.76. The number of amides is 1. The molecular weight excluding hydrogens is 371 g/mol. The zero-order valence-electron chi connectivity index (χ0n) is 14.3. The fourth-order valence-corrected chi connectivity index (χ4v) is 2.16. The van der Waals surface area contributed by atoms with Crippen LogP contribution in [0.1, 0.15) is 29.6 Å². The van der Waals surface area contributed by atoms with Crippen LogP contribution >= 0.6 is 0 Å². The van der Waals surface area contributed by atoms with E-state index < -0.39 is 31.2 Å². The Kier molecular flexibility index (Phi) is 7.03. The molecule has 0 saturated carbocycles. The molecule has 0 atom stereocenters. The lowest BCUT2D eigenvalue weighted by Gasteiger charge is -2.09. The molecule has 0 aliphatic carbocycles. The summed E-state index contributed by atoms with van der Waals surface area (Å²) >= 11 is 0. The number of halogens is 3. The van der Waals surface area contributed by atoms with Crippen molar-refractivity contribution in [2.75, 3.05) is 26.4 Å². The summed E-state index contributed by atoms with van der Waals surface area (Å²) in [6, 6.07) is 4.68. The molecule has 0 saturated heterocycles. The third-order valence-corrected chi connectivity index (χ3v) is 3.48. The molecule has 1 aromatic rings. The molecule has 1 aromatic carbocycles. The molecule has 0 unspecified atom stereocenters. The first-order chi connectivity index (χ1) is 12.7. The van der Waals surface area contributed by atoms with Crippen molar-refractivity contribution in [3.05, 3.63) is 23.8 Å². The quantitative estimate of drug-likeness (QED) is 0.567. The minimum absolute atomic E-state index is 0.178. The van der Waals surface area contributed by atoms with E-state index >= 15 is 0 Å². The van der Waals surface area contributed by atoms with E-state index in [2.05, 4.69) is 4.74 Å². The fraction of sp³-hybridized carbons (Fsp3) is 0.471. The lowest BCUT2D eigenvalue weighted by Crippen LogP contribution is -2.36. The molecular formula is C17H18F3NO6. The maximum atomic E-state index is 12.2. The minimum Gasteiger partial charge on any atom is -0.490 e. The number of carbonyl (C=O) groups is 3. The summed E-state index contributed by atoms with van der Waals surface area (Å²) in [6.45, 7) is -1.37. The Morgan fingerprint density at radius 3 is 2.48 bits per heavy atom. The van der Waals surface area contributed by atoms with Crippen molar-refractivity contribution in [3.63, 3.8) is 0 Å². The Morgan fingerprint density at radius 1 is 1.07 bits per heavy atom. The van der Waals surface area contributed by atoms with Crippen LogP contribution in [0.2, 0.25) is 0 Å². The summed E-state index contributed by atoms with van der Waals surface area (Å²) in [4.78, 5) is 34.8. The van der Waals surface area contributed by atoms with E-state index in [1.54, 1.807) is 17.4 Å². The summed E-state index contributed by atoms with van der Waals surface area (Å²) in [5.74, 6) is -1.30. The van der Waals surface area contributed by atoms with E-state index in [1.165, 1.54) is 6.07 Å². The monoisotopic (exact) mass is 389 g/mol. The first-order valence-corrected chi connectivity index (χ1v) is 8.16. The van der Waals surface area contributed by atoms with E-state index in [4.69, 9.17) is 9.47 Å². The molecule has 0 radical (unpaired) electrons. The van der Waals surface area contributed by atoms with E-state index in [-0.39, 0.29) is 18.6 Å². The zero-order valence-corrected chi connectivity index (χ0v) is 14.3. The normalized spacial score (nSPS) is 13.4. The Morgan fingerprint density at radius 2 is 1.78 bits per heavy atom. The van der Waals surface area contributed by atoms with Crippen LogP contribution in [0.3, 0.4) is 0 Å². The largest absolute Gasteiger partial charge is 0.490 e. The topological polar surface area (TPSA) is 90.9 Å². The molecule has 1 amide bonds. The number of carbonyl (C=O) groups excluding carboxylic acids is 3. The van der Waals surface area contributed by atoms with Gasteiger partial charge < -0.3 is 19.5 Å². The zero-order chi connectivity index (χ0) is 19.9. The lowest BCUT2D eigenvalue weighted by atomic mass is 10.1. The van der Waals surface area contributed by atoms with Crippen LogP contribution in [0.25, 0.3) is 0 Å². The number of ether oxygens (including phenoxy) is 3. The van der Waals surface area contributed by atoms with Crippen molar-refractivity contribution in [1.29, 1.82) is 0 Å². The molecule has 0 spiro atoms. The summed E-state index contributed by atoms with van der Waals surface area (Å²) in [5.41, 5.74) is 0.329. The number of rotatable bonds is 7. The average molecular weight is 389 g/mol. The molecule has 1 N–H and O–H groups in total. The van der Waals surface area contributed by atoms with Gasteiger partial charge in [-0.05, 0) is 18.2 Å². The first-order valence-electron chi connectivity index (χ1n) is 8.16. The van der Waals surface area contributed by atoms with Crippen molar-refractivity contribution in [1.82, 2.24) is 5.32 Å². The van der Waals surface area contributed by atoms with Crippen LogP contribution in [-0.4, -0.2) is 50.2 Å². The van der Waals surface area contributed by atoms with Gasteiger partial charge in [-0.1, -0.05) is 0 Å². The van der Waals surface area contributed by atoms with Gasteiger partial charge in [0.1, 0.15) is 6.54 Å². The van der Waals surface area contributed by atoms with Crippen LogP contribution in [-0.2, 0) is 14.3 Å². The highest BCUT2D eigenvalue weighted by molar-refractivity contribution is 5.98. The van der Waals surface area contributed by atoms with E-state index in [0.29, 0.717) is 30.3 Å². The number of benzene rings is 1. The van der Waals surface area contributed by atoms with Gasteiger partial charge in [-0.25, -0.2) is 0 Å². The number of esters is 1. The lowest BCUT2D eigenvalue weighted by molar-refractivity contribution is -0.151. The minimum atomic E-state index is -4.55. The summed E-state index contributed by atoms with van der Waals surface area (Å²) < 4.78 is 51.3. The number of hydrogen-bond donors (Lipinski definition) is 1. The molecule has 0 aromatic heterocycles. The number of ketones is 1. The van der Waals surface area contributed by atoms with Gasteiger partial charge in [0.2, 0.25) is 0 Å². The molecule has 0 bridgehead atoms. The highest BCUT2D eigenvalue weighted by Crippen LogP contribution is 2.30. The SMILES string of the molecule is O=C(COC(=O)CCC(=O)c1ccc2c(c1)OCCCO2)NCC(F)(F)F.